The number of nitrogens with zero attached hydrogens (tertiary/aromatic N) is 3. The van der Waals surface area contributed by atoms with Gasteiger partial charge in [0.2, 0.25) is 5.95 Å². The molecule has 0 spiro atoms. The molecule has 15 heavy (non-hydrogen) atoms. The van der Waals surface area contributed by atoms with Gasteiger partial charge < -0.3 is 5.73 Å². The zero-order chi connectivity index (χ0) is 10.7. The van der Waals surface area contributed by atoms with Crippen LogP contribution in [0.4, 0.5) is 5.95 Å². The number of pyridine rings is 1. The molecule has 2 rings (SSSR count). The average molecular weight is 221 g/mol. The molecule has 0 atom stereocenters. The number of anilines is 1. The van der Waals surface area contributed by atoms with E-state index in [-0.39, 0.29) is 5.95 Å². The van der Waals surface area contributed by atoms with Gasteiger partial charge in [0.1, 0.15) is 5.15 Å². The Labute approximate surface area is 92.2 Å². The fourth-order valence-corrected chi connectivity index (χ4v) is 1.44. The highest BCUT2D eigenvalue weighted by Gasteiger charge is 2.03. The lowest BCUT2D eigenvalue weighted by Gasteiger charge is -2.02. The molecular weight excluding hydrogens is 212 g/mol. The van der Waals surface area contributed by atoms with Crippen LogP contribution >= 0.6 is 11.6 Å². The van der Waals surface area contributed by atoms with Crippen molar-refractivity contribution in [2.24, 2.45) is 0 Å². The van der Waals surface area contributed by atoms with E-state index in [2.05, 4.69) is 15.0 Å². The molecular formula is C10H9ClN4. The van der Waals surface area contributed by atoms with E-state index in [0.717, 1.165) is 11.3 Å². The number of hydrogen-bond acceptors (Lipinski definition) is 4. The van der Waals surface area contributed by atoms with E-state index in [1.165, 1.54) is 0 Å². The summed E-state index contributed by atoms with van der Waals surface area (Å²) in [6.45, 7) is 0. The Balaban J connectivity index is 2.26. The van der Waals surface area contributed by atoms with Crippen LogP contribution in [0.3, 0.4) is 0 Å². The summed E-state index contributed by atoms with van der Waals surface area (Å²) in [6, 6.07) is 5.55. The third-order valence-electron chi connectivity index (χ3n) is 1.94. The Morgan fingerprint density at radius 2 is 2.07 bits per heavy atom. The maximum absolute atomic E-state index is 5.93. The van der Waals surface area contributed by atoms with E-state index in [1.807, 2.05) is 12.1 Å². The Bertz CT molecular complexity index is 472. The number of halogens is 1. The number of nitrogens with two attached hydrogens (primary N) is 1. The fourth-order valence-electron chi connectivity index (χ4n) is 1.26. The first-order chi connectivity index (χ1) is 7.25. The third-order valence-corrected chi connectivity index (χ3v) is 2.28. The monoisotopic (exact) mass is 220 g/mol. The van der Waals surface area contributed by atoms with Crippen LogP contribution in [0.25, 0.3) is 0 Å². The van der Waals surface area contributed by atoms with E-state index in [4.69, 9.17) is 17.3 Å². The maximum Gasteiger partial charge on any atom is 0.220 e. The lowest BCUT2D eigenvalue weighted by Crippen LogP contribution is -1.99. The standard InChI is InChI=1S/C10H9ClN4/c11-9-7(2-1-4-13-9)6-8-3-5-14-10(12)15-8/h1-5H,6H2,(H2,12,14,15). The molecule has 0 fully saturated rings. The first-order valence-corrected chi connectivity index (χ1v) is 4.80. The molecule has 4 nitrogen and oxygen atoms in total. The van der Waals surface area contributed by atoms with Gasteiger partial charge in [-0.05, 0) is 17.7 Å². The zero-order valence-corrected chi connectivity index (χ0v) is 8.65. The second-order valence-corrected chi connectivity index (χ2v) is 3.39. The predicted molar refractivity (Wildman–Crippen MR) is 58.5 cm³/mol. The van der Waals surface area contributed by atoms with Crippen molar-refractivity contribution < 1.29 is 0 Å². The number of rotatable bonds is 2. The summed E-state index contributed by atoms with van der Waals surface area (Å²) in [7, 11) is 0. The van der Waals surface area contributed by atoms with E-state index >= 15 is 0 Å². The van der Waals surface area contributed by atoms with Gasteiger partial charge in [-0.25, -0.2) is 15.0 Å². The van der Waals surface area contributed by atoms with Gasteiger partial charge in [-0.1, -0.05) is 17.7 Å². The molecule has 0 aliphatic carbocycles. The SMILES string of the molecule is Nc1nccc(Cc2cccnc2Cl)n1. The van der Waals surface area contributed by atoms with Crippen LogP contribution in [0, 0.1) is 0 Å². The van der Waals surface area contributed by atoms with E-state index < -0.39 is 0 Å². The van der Waals surface area contributed by atoms with Crippen molar-refractivity contribution in [2.45, 2.75) is 6.42 Å². The molecule has 0 aromatic carbocycles. The highest BCUT2D eigenvalue weighted by atomic mass is 35.5. The summed E-state index contributed by atoms with van der Waals surface area (Å²) in [5.41, 5.74) is 7.24. The van der Waals surface area contributed by atoms with Crippen molar-refractivity contribution in [1.29, 1.82) is 0 Å². The highest BCUT2D eigenvalue weighted by molar-refractivity contribution is 6.30. The lowest BCUT2D eigenvalue weighted by molar-refractivity contribution is 1.03. The quantitative estimate of drug-likeness (QED) is 0.783. The first-order valence-electron chi connectivity index (χ1n) is 4.42. The first kappa shape index (κ1) is 9.86. The van der Waals surface area contributed by atoms with Crippen LogP contribution in [-0.2, 0) is 6.42 Å². The van der Waals surface area contributed by atoms with Gasteiger partial charge >= 0.3 is 0 Å². The molecule has 2 N–H and O–H groups in total. The van der Waals surface area contributed by atoms with Crippen LogP contribution in [-0.4, -0.2) is 15.0 Å². The van der Waals surface area contributed by atoms with Crippen molar-refractivity contribution in [3.63, 3.8) is 0 Å². The Morgan fingerprint density at radius 3 is 2.80 bits per heavy atom. The molecule has 76 valence electrons. The molecule has 2 heterocycles. The molecule has 0 aliphatic heterocycles. The fraction of sp³-hybridized carbons (Fsp3) is 0.100. The molecule has 2 aromatic heterocycles. The second-order valence-electron chi connectivity index (χ2n) is 3.04. The summed E-state index contributed by atoms with van der Waals surface area (Å²) in [5.74, 6) is 0.271. The van der Waals surface area contributed by atoms with Crippen LogP contribution in [0.2, 0.25) is 5.15 Å². The zero-order valence-electron chi connectivity index (χ0n) is 7.89. The molecule has 0 aliphatic rings. The summed E-state index contributed by atoms with van der Waals surface area (Å²) in [4.78, 5) is 11.9. The second kappa shape index (κ2) is 4.23. The molecule has 0 unspecified atom stereocenters. The van der Waals surface area contributed by atoms with Gasteiger partial charge in [-0.2, -0.15) is 0 Å². The van der Waals surface area contributed by atoms with Crippen molar-refractivity contribution >= 4 is 17.5 Å². The lowest BCUT2D eigenvalue weighted by atomic mass is 10.1. The van der Waals surface area contributed by atoms with E-state index in [0.29, 0.717) is 11.6 Å². The molecule has 2 aromatic rings. The topological polar surface area (TPSA) is 64.7 Å². The normalized spacial score (nSPS) is 10.2. The average Bonchev–Trinajstić information content (AvgIpc) is 2.22. The summed E-state index contributed by atoms with van der Waals surface area (Å²) in [5, 5.41) is 0.495. The highest BCUT2D eigenvalue weighted by Crippen LogP contribution is 2.15. The molecule has 0 bridgehead atoms. The third kappa shape index (κ3) is 2.41. The predicted octanol–water partition coefficient (Wildman–Crippen LogP) is 1.70. The van der Waals surface area contributed by atoms with Crippen molar-refractivity contribution in [3.8, 4) is 0 Å². The smallest absolute Gasteiger partial charge is 0.220 e. The molecule has 0 amide bonds. The minimum atomic E-state index is 0.271. The minimum absolute atomic E-state index is 0.271. The van der Waals surface area contributed by atoms with E-state index in [9.17, 15) is 0 Å². The molecule has 0 radical (unpaired) electrons. The number of aromatic nitrogens is 3. The summed E-state index contributed by atoms with van der Waals surface area (Å²) >= 11 is 5.93. The number of nitrogen functional groups attached to an aromatic ring is 1. The molecule has 5 heteroatoms. The Kier molecular flexibility index (Phi) is 2.78. The molecule has 0 saturated carbocycles. The van der Waals surface area contributed by atoms with Gasteiger partial charge in [-0.3, -0.25) is 0 Å². The summed E-state index contributed by atoms with van der Waals surface area (Å²) in [6.07, 6.45) is 3.89. The van der Waals surface area contributed by atoms with Crippen molar-refractivity contribution in [3.05, 3.63) is 47.0 Å². The number of hydrogen-bond donors (Lipinski definition) is 1. The van der Waals surface area contributed by atoms with Gasteiger partial charge in [0.15, 0.2) is 0 Å². The molecule has 0 saturated heterocycles. The van der Waals surface area contributed by atoms with Gasteiger partial charge in [0.05, 0.1) is 5.69 Å². The van der Waals surface area contributed by atoms with Crippen molar-refractivity contribution in [1.82, 2.24) is 15.0 Å². The van der Waals surface area contributed by atoms with Crippen LogP contribution < -0.4 is 5.73 Å². The van der Waals surface area contributed by atoms with E-state index in [1.54, 1.807) is 18.5 Å². The van der Waals surface area contributed by atoms with Crippen LogP contribution in [0.1, 0.15) is 11.3 Å². The summed E-state index contributed by atoms with van der Waals surface area (Å²) < 4.78 is 0. The van der Waals surface area contributed by atoms with Crippen LogP contribution in [0.5, 0.6) is 0 Å². The minimum Gasteiger partial charge on any atom is -0.368 e. The Hall–Kier alpha value is -1.68. The van der Waals surface area contributed by atoms with Crippen molar-refractivity contribution in [2.75, 3.05) is 5.73 Å². The van der Waals surface area contributed by atoms with Gasteiger partial charge in [0, 0.05) is 18.8 Å². The Morgan fingerprint density at radius 1 is 1.20 bits per heavy atom. The largest absolute Gasteiger partial charge is 0.368 e. The van der Waals surface area contributed by atoms with Gasteiger partial charge in [-0.15, -0.1) is 0 Å². The maximum atomic E-state index is 5.93. The van der Waals surface area contributed by atoms with Crippen LogP contribution in [0.15, 0.2) is 30.6 Å². The van der Waals surface area contributed by atoms with Gasteiger partial charge in [0.25, 0.3) is 0 Å².